The van der Waals surface area contributed by atoms with Crippen molar-refractivity contribution in [3.8, 4) is 5.75 Å². The number of ether oxygens (including phenoxy) is 1. The van der Waals surface area contributed by atoms with Gasteiger partial charge in [-0.2, -0.15) is 0 Å². The van der Waals surface area contributed by atoms with Crippen LogP contribution < -0.4 is 10.1 Å². The Labute approximate surface area is 133 Å². The summed E-state index contributed by atoms with van der Waals surface area (Å²) in [5.74, 6) is 0.349. The molecule has 0 aliphatic rings. The summed E-state index contributed by atoms with van der Waals surface area (Å²) in [6.07, 6.45) is -0.129. The largest absolute Gasteiger partial charge is 0.483 e. The molecule has 1 atom stereocenters. The maximum Gasteiger partial charge on any atom is 0.136 e. The minimum atomic E-state index is -0.286. The second-order valence-corrected chi connectivity index (χ2v) is 6.01. The van der Waals surface area contributed by atoms with Crippen molar-refractivity contribution in [1.29, 1.82) is 0 Å². The van der Waals surface area contributed by atoms with Gasteiger partial charge in [0.25, 0.3) is 0 Å². The van der Waals surface area contributed by atoms with Crippen LogP contribution in [-0.4, -0.2) is 12.6 Å². The fourth-order valence-corrected chi connectivity index (χ4v) is 2.41. The average Bonchev–Trinajstić information content (AvgIpc) is 2.46. The van der Waals surface area contributed by atoms with Crippen molar-refractivity contribution in [2.75, 3.05) is 6.54 Å². The van der Waals surface area contributed by atoms with Gasteiger partial charge in [0, 0.05) is 12.6 Å². The third kappa shape index (κ3) is 4.83. The summed E-state index contributed by atoms with van der Waals surface area (Å²) in [4.78, 5) is 0. The van der Waals surface area contributed by atoms with E-state index in [9.17, 15) is 4.39 Å². The first-order chi connectivity index (χ1) is 10.1. The van der Waals surface area contributed by atoms with Crippen LogP contribution in [0.25, 0.3) is 0 Å². The van der Waals surface area contributed by atoms with Crippen molar-refractivity contribution in [2.45, 2.75) is 26.0 Å². The molecule has 0 saturated carbocycles. The molecule has 2 aromatic carbocycles. The van der Waals surface area contributed by atoms with Crippen molar-refractivity contribution in [3.05, 3.63) is 64.4 Å². The fourth-order valence-electron chi connectivity index (χ4n) is 1.96. The Morgan fingerprint density at radius 1 is 1.14 bits per heavy atom. The predicted octanol–water partition coefficient (Wildman–Crippen LogP) is 4.71. The lowest BCUT2D eigenvalue weighted by molar-refractivity contribution is 0.196. The standard InChI is InChI=1S/C17H19BrFNO/c1-12(2)20-11-17(13-6-4-3-5-7-13)21-16-9-8-14(19)10-15(16)18/h3-10,12,17,20H,11H2,1-2H3. The van der Waals surface area contributed by atoms with Gasteiger partial charge >= 0.3 is 0 Å². The third-order valence-corrected chi connectivity index (χ3v) is 3.67. The quantitative estimate of drug-likeness (QED) is 0.813. The summed E-state index contributed by atoms with van der Waals surface area (Å²) in [6, 6.07) is 14.8. The van der Waals surface area contributed by atoms with Gasteiger partial charge in [-0.15, -0.1) is 0 Å². The summed E-state index contributed by atoms with van der Waals surface area (Å²) in [5.41, 5.74) is 1.09. The van der Waals surface area contributed by atoms with Gasteiger partial charge in [-0.1, -0.05) is 44.2 Å². The Hall–Kier alpha value is -1.39. The predicted molar refractivity (Wildman–Crippen MR) is 87.0 cm³/mol. The molecule has 1 unspecified atom stereocenters. The van der Waals surface area contributed by atoms with Gasteiger partial charge in [0.2, 0.25) is 0 Å². The molecule has 0 bridgehead atoms. The van der Waals surface area contributed by atoms with E-state index in [4.69, 9.17) is 4.74 Å². The molecule has 0 radical (unpaired) electrons. The highest BCUT2D eigenvalue weighted by Gasteiger charge is 2.15. The minimum absolute atomic E-state index is 0.129. The van der Waals surface area contributed by atoms with Crippen molar-refractivity contribution in [3.63, 3.8) is 0 Å². The Bertz CT molecular complexity index is 574. The molecule has 0 amide bonds. The summed E-state index contributed by atoms with van der Waals surface area (Å²) >= 11 is 3.34. The highest BCUT2D eigenvalue weighted by molar-refractivity contribution is 9.10. The van der Waals surface area contributed by atoms with Crippen molar-refractivity contribution >= 4 is 15.9 Å². The lowest BCUT2D eigenvalue weighted by Crippen LogP contribution is -2.30. The lowest BCUT2D eigenvalue weighted by Gasteiger charge is -2.22. The Balaban J connectivity index is 2.19. The second kappa shape index (κ2) is 7.57. The van der Waals surface area contributed by atoms with E-state index in [1.807, 2.05) is 30.3 Å². The lowest BCUT2D eigenvalue weighted by atomic mass is 10.1. The van der Waals surface area contributed by atoms with E-state index >= 15 is 0 Å². The van der Waals surface area contributed by atoms with Gasteiger partial charge in [-0.25, -0.2) is 4.39 Å². The molecule has 2 nitrogen and oxygen atoms in total. The molecule has 2 rings (SSSR count). The van der Waals surface area contributed by atoms with Crippen LogP contribution in [0.3, 0.4) is 0 Å². The number of hydrogen-bond donors (Lipinski definition) is 1. The molecule has 112 valence electrons. The number of rotatable bonds is 6. The van der Waals surface area contributed by atoms with Crippen LogP contribution in [0.4, 0.5) is 4.39 Å². The number of hydrogen-bond acceptors (Lipinski definition) is 2. The number of halogens is 2. The summed E-state index contributed by atoms with van der Waals surface area (Å²) in [5, 5.41) is 3.38. The van der Waals surface area contributed by atoms with Gasteiger partial charge in [-0.3, -0.25) is 0 Å². The molecule has 0 heterocycles. The van der Waals surface area contributed by atoms with E-state index in [-0.39, 0.29) is 11.9 Å². The zero-order chi connectivity index (χ0) is 15.2. The van der Waals surface area contributed by atoms with E-state index in [0.29, 0.717) is 22.8 Å². The van der Waals surface area contributed by atoms with Crippen LogP contribution in [0.15, 0.2) is 53.0 Å². The molecular weight excluding hydrogens is 333 g/mol. The molecule has 0 saturated heterocycles. The number of nitrogens with one attached hydrogen (secondary N) is 1. The molecular formula is C17H19BrFNO. The zero-order valence-corrected chi connectivity index (χ0v) is 13.7. The zero-order valence-electron chi connectivity index (χ0n) is 12.1. The van der Waals surface area contributed by atoms with E-state index in [1.165, 1.54) is 12.1 Å². The van der Waals surface area contributed by atoms with Crippen molar-refractivity contribution in [1.82, 2.24) is 5.32 Å². The molecule has 0 aromatic heterocycles. The highest BCUT2D eigenvalue weighted by atomic mass is 79.9. The maximum atomic E-state index is 13.2. The van der Waals surface area contributed by atoms with Crippen LogP contribution in [0, 0.1) is 5.82 Å². The van der Waals surface area contributed by atoms with Crippen molar-refractivity contribution < 1.29 is 9.13 Å². The first kappa shape index (κ1) is 16.0. The Kier molecular flexibility index (Phi) is 5.76. The summed E-state index contributed by atoms with van der Waals surface area (Å²) < 4.78 is 19.8. The topological polar surface area (TPSA) is 21.3 Å². The van der Waals surface area contributed by atoms with Gasteiger partial charge < -0.3 is 10.1 Å². The minimum Gasteiger partial charge on any atom is -0.483 e. The number of benzene rings is 2. The van der Waals surface area contributed by atoms with Crippen LogP contribution in [0.5, 0.6) is 5.75 Å². The maximum absolute atomic E-state index is 13.2. The van der Waals surface area contributed by atoms with Gasteiger partial charge in [0.1, 0.15) is 17.7 Å². The monoisotopic (exact) mass is 351 g/mol. The Morgan fingerprint density at radius 2 is 1.86 bits per heavy atom. The molecule has 4 heteroatoms. The first-order valence-electron chi connectivity index (χ1n) is 6.96. The fraction of sp³-hybridized carbons (Fsp3) is 0.294. The SMILES string of the molecule is CC(C)NCC(Oc1ccc(F)cc1Br)c1ccccc1. The summed E-state index contributed by atoms with van der Waals surface area (Å²) in [7, 11) is 0. The first-order valence-corrected chi connectivity index (χ1v) is 7.75. The second-order valence-electron chi connectivity index (χ2n) is 5.15. The molecule has 1 N–H and O–H groups in total. The van der Waals surface area contributed by atoms with E-state index in [0.717, 1.165) is 5.56 Å². The van der Waals surface area contributed by atoms with Crippen LogP contribution in [-0.2, 0) is 0 Å². The van der Waals surface area contributed by atoms with Crippen molar-refractivity contribution in [2.24, 2.45) is 0 Å². The highest BCUT2D eigenvalue weighted by Crippen LogP contribution is 2.30. The van der Waals surface area contributed by atoms with Crippen LogP contribution in [0.1, 0.15) is 25.5 Å². The van der Waals surface area contributed by atoms with E-state index in [2.05, 4.69) is 35.1 Å². The smallest absolute Gasteiger partial charge is 0.136 e. The molecule has 2 aromatic rings. The third-order valence-electron chi connectivity index (χ3n) is 3.05. The van der Waals surface area contributed by atoms with Crippen LogP contribution in [0.2, 0.25) is 0 Å². The average molecular weight is 352 g/mol. The van der Waals surface area contributed by atoms with Gasteiger partial charge in [0.15, 0.2) is 0 Å². The van der Waals surface area contributed by atoms with E-state index < -0.39 is 0 Å². The van der Waals surface area contributed by atoms with Gasteiger partial charge in [0.05, 0.1) is 4.47 Å². The van der Waals surface area contributed by atoms with Gasteiger partial charge in [-0.05, 0) is 39.7 Å². The molecule has 0 aliphatic heterocycles. The normalized spacial score (nSPS) is 12.4. The van der Waals surface area contributed by atoms with Crippen LogP contribution >= 0.6 is 15.9 Å². The molecule has 0 spiro atoms. The molecule has 0 aliphatic carbocycles. The summed E-state index contributed by atoms with van der Waals surface area (Å²) in [6.45, 7) is 4.87. The van der Waals surface area contributed by atoms with E-state index in [1.54, 1.807) is 6.07 Å². The molecule has 0 fully saturated rings. The molecule has 21 heavy (non-hydrogen) atoms. The Morgan fingerprint density at radius 3 is 2.48 bits per heavy atom.